The lowest BCUT2D eigenvalue weighted by Gasteiger charge is -2.28. The third-order valence-corrected chi connectivity index (χ3v) is 4.97. The van der Waals surface area contributed by atoms with E-state index in [4.69, 9.17) is 5.73 Å². The summed E-state index contributed by atoms with van der Waals surface area (Å²) in [6, 6.07) is 1.46. The van der Waals surface area contributed by atoms with Crippen LogP contribution in [0, 0.1) is 6.92 Å². The normalized spacial score (nSPS) is 27.9. The van der Waals surface area contributed by atoms with Gasteiger partial charge < -0.3 is 10.6 Å². The second-order valence-electron chi connectivity index (χ2n) is 6.00. The summed E-state index contributed by atoms with van der Waals surface area (Å²) in [6.07, 6.45) is 3.94. The summed E-state index contributed by atoms with van der Waals surface area (Å²) >= 11 is 0. The van der Waals surface area contributed by atoms with Gasteiger partial charge in [0.1, 0.15) is 5.82 Å². The van der Waals surface area contributed by atoms with Crippen LogP contribution < -0.4 is 10.6 Å². The molecule has 19 heavy (non-hydrogen) atoms. The van der Waals surface area contributed by atoms with E-state index in [1.165, 1.54) is 30.6 Å². The van der Waals surface area contributed by atoms with E-state index in [-0.39, 0.29) is 0 Å². The number of nitrogens with zero attached hydrogens (tertiary/aromatic N) is 4. The molecule has 2 aliphatic rings. The fourth-order valence-electron chi connectivity index (χ4n) is 3.83. The van der Waals surface area contributed by atoms with Crippen LogP contribution in [-0.2, 0) is 13.6 Å². The van der Waals surface area contributed by atoms with Gasteiger partial charge >= 0.3 is 0 Å². The van der Waals surface area contributed by atoms with Crippen LogP contribution in [0.1, 0.15) is 30.5 Å². The summed E-state index contributed by atoms with van der Waals surface area (Å²) in [7, 11) is 4.32. The maximum absolute atomic E-state index is 5.92. The van der Waals surface area contributed by atoms with E-state index >= 15 is 0 Å². The largest absolute Gasteiger partial charge is 0.355 e. The molecule has 3 rings (SSSR count). The predicted molar refractivity (Wildman–Crippen MR) is 77.2 cm³/mol. The van der Waals surface area contributed by atoms with Gasteiger partial charge in [0, 0.05) is 44.3 Å². The van der Waals surface area contributed by atoms with E-state index in [0.717, 1.165) is 24.8 Å². The fourth-order valence-corrected chi connectivity index (χ4v) is 3.83. The Labute approximate surface area is 115 Å². The second-order valence-corrected chi connectivity index (χ2v) is 6.00. The van der Waals surface area contributed by atoms with Crippen molar-refractivity contribution in [3.05, 3.63) is 11.3 Å². The van der Waals surface area contributed by atoms with Crippen molar-refractivity contribution in [2.24, 2.45) is 12.8 Å². The fraction of sp³-hybridized carbons (Fsp3) is 0.786. The Balaban J connectivity index is 1.91. The van der Waals surface area contributed by atoms with Crippen LogP contribution in [0.4, 0.5) is 5.82 Å². The lowest BCUT2D eigenvalue weighted by Crippen LogP contribution is -2.37. The van der Waals surface area contributed by atoms with E-state index in [1.807, 2.05) is 11.7 Å². The zero-order chi connectivity index (χ0) is 13.6. The molecular formula is C14H25N5. The molecule has 5 nitrogen and oxygen atoms in total. The Morgan fingerprint density at radius 2 is 1.95 bits per heavy atom. The van der Waals surface area contributed by atoms with Crippen molar-refractivity contribution in [3.63, 3.8) is 0 Å². The first-order valence-electron chi connectivity index (χ1n) is 7.31. The number of fused-ring (bicyclic) bond motifs is 2. The molecule has 0 saturated carbocycles. The highest BCUT2D eigenvalue weighted by Crippen LogP contribution is 2.32. The van der Waals surface area contributed by atoms with Gasteiger partial charge in [0.05, 0.1) is 5.69 Å². The molecule has 1 aromatic heterocycles. The molecule has 2 aliphatic heterocycles. The van der Waals surface area contributed by atoms with Crippen molar-refractivity contribution in [1.82, 2.24) is 14.7 Å². The van der Waals surface area contributed by atoms with Crippen molar-refractivity contribution in [2.45, 2.75) is 44.8 Å². The van der Waals surface area contributed by atoms with E-state index in [1.54, 1.807) is 0 Å². The SMILES string of the molecule is Cc1nn(C)c(N2CCC3CCC(C2)N3C)c1CN. The summed E-state index contributed by atoms with van der Waals surface area (Å²) in [5.74, 6) is 1.24. The van der Waals surface area contributed by atoms with Crippen LogP contribution in [-0.4, -0.2) is 46.9 Å². The Kier molecular flexibility index (Phi) is 3.27. The summed E-state index contributed by atoms with van der Waals surface area (Å²) in [5, 5.41) is 4.55. The monoisotopic (exact) mass is 263 g/mol. The van der Waals surface area contributed by atoms with Crippen LogP contribution in [0.3, 0.4) is 0 Å². The third kappa shape index (κ3) is 2.05. The molecule has 3 heterocycles. The van der Waals surface area contributed by atoms with Crippen molar-refractivity contribution in [1.29, 1.82) is 0 Å². The van der Waals surface area contributed by atoms with Crippen molar-refractivity contribution in [2.75, 3.05) is 25.0 Å². The van der Waals surface area contributed by atoms with Gasteiger partial charge in [-0.05, 0) is 33.2 Å². The second kappa shape index (κ2) is 4.80. The van der Waals surface area contributed by atoms with Crippen LogP contribution in [0.25, 0.3) is 0 Å². The number of hydrogen-bond acceptors (Lipinski definition) is 4. The summed E-state index contributed by atoms with van der Waals surface area (Å²) < 4.78 is 2.01. The van der Waals surface area contributed by atoms with Crippen LogP contribution >= 0.6 is 0 Å². The molecule has 2 unspecified atom stereocenters. The zero-order valence-electron chi connectivity index (χ0n) is 12.3. The number of nitrogens with two attached hydrogens (primary N) is 1. The van der Waals surface area contributed by atoms with E-state index in [9.17, 15) is 0 Å². The first-order valence-corrected chi connectivity index (χ1v) is 7.31. The first-order chi connectivity index (χ1) is 9.11. The maximum Gasteiger partial charge on any atom is 0.131 e. The molecule has 2 fully saturated rings. The van der Waals surface area contributed by atoms with Gasteiger partial charge in [-0.1, -0.05) is 0 Å². The van der Waals surface area contributed by atoms with Gasteiger partial charge in [0.25, 0.3) is 0 Å². The van der Waals surface area contributed by atoms with Gasteiger partial charge in [0.2, 0.25) is 0 Å². The molecule has 0 spiro atoms. The Morgan fingerprint density at radius 3 is 2.68 bits per heavy atom. The molecule has 2 bridgehead atoms. The van der Waals surface area contributed by atoms with Crippen LogP contribution in [0.15, 0.2) is 0 Å². The Hall–Kier alpha value is -1.07. The minimum atomic E-state index is 0.579. The Morgan fingerprint density at radius 1 is 1.21 bits per heavy atom. The number of hydrogen-bond donors (Lipinski definition) is 1. The molecule has 0 aliphatic carbocycles. The molecule has 2 atom stereocenters. The number of aryl methyl sites for hydroxylation is 2. The molecule has 2 saturated heterocycles. The first kappa shape index (κ1) is 12.9. The molecular weight excluding hydrogens is 238 g/mol. The Bertz CT molecular complexity index is 467. The van der Waals surface area contributed by atoms with Gasteiger partial charge in [-0.25, -0.2) is 0 Å². The van der Waals surface area contributed by atoms with Crippen molar-refractivity contribution < 1.29 is 0 Å². The smallest absolute Gasteiger partial charge is 0.131 e. The topological polar surface area (TPSA) is 50.3 Å². The quantitative estimate of drug-likeness (QED) is 0.860. The molecule has 2 N–H and O–H groups in total. The van der Waals surface area contributed by atoms with E-state index in [2.05, 4.69) is 28.9 Å². The molecule has 0 radical (unpaired) electrons. The molecule has 106 valence electrons. The lowest BCUT2D eigenvalue weighted by atomic mass is 10.1. The van der Waals surface area contributed by atoms with Gasteiger partial charge in [-0.3, -0.25) is 9.58 Å². The highest BCUT2D eigenvalue weighted by Gasteiger charge is 2.35. The minimum Gasteiger partial charge on any atom is -0.355 e. The van der Waals surface area contributed by atoms with Crippen LogP contribution in [0.2, 0.25) is 0 Å². The molecule has 5 heteroatoms. The van der Waals surface area contributed by atoms with Crippen LogP contribution in [0.5, 0.6) is 0 Å². The highest BCUT2D eigenvalue weighted by molar-refractivity contribution is 5.50. The summed E-state index contributed by atoms with van der Waals surface area (Å²) in [4.78, 5) is 5.08. The summed E-state index contributed by atoms with van der Waals surface area (Å²) in [6.45, 7) is 4.87. The van der Waals surface area contributed by atoms with Gasteiger partial charge in [-0.15, -0.1) is 0 Å². The number of likely N-dealkylation sites (N-methyl/N-ethyl adjacent to an activating group) is 1. The average Bonchev–Trinajstić information content (AvgIpc) is 2.77. The number of anilines is 1. The third-order valence-electron chi connectivity index (χ3n) is 4.97. The van der Waals surface area contributed by atoms with Gasteiger partial charge in [0.15, 0.2) is 0 Å². The molecule has 1 aromatic rings. The average molecular weight is 263 g/mol. The molecule has 0 amide bonds. The van der Waals surface area contributed by atoms with E-state index < -0.39 is 0 Å². The lowest BCUT2D eigenvalue weighted by molar-refractivity contribution is 0.254. The molecule has 0 aromatic carbocycles. The van der Waals surface area contributed by atoms with Crippen molar-refractivity contribution >= 4 is 5.82 Å². The minimum absolute atomic E-state index is 0.579. The maximum atomic E-state index is 5.92. The summed E-state index contributed by atoms with van der Waals surface area (Å²) in [5.41, 5.74) is 8.21. The predicted octanol–water partition coefficient (Wildman–Crippen LogP) is 0.860. The zero-order valence-corrected chi connectivity index (χ0v) is 12.3. The standard InChI is InChI=1S/C14H25N5/c1-10-13(8-15)14(18(3)16-10)19-7-6-11-4-5-12(9-19)17(11)2/h11-12H,4-9,15H2,1-3H3. The highest BCUT2D eigenvalue weighted by atomic mass is 15.4. The number of rotatable bonds is 2. The van der Waals surface area contributed by atoms with Crippen molar-refractivity contribution in [3.8, 4) is 0 Å². The number of aromatic nitrogens is 2. The van der Waals surface area contributed by atoms with E-state index in [0.29, 0.717) is 12.6 Å². The van der Waals surface area contributed by atoms with Gasteiger partial charge in [-0.2, -0.15) is 5.10 Å².